The second-order valence-electron chi connectivity index (χ2n) is 7.59. The zero-order valence-electron chi connectivity index (χ0n) is 15.3. The molecule has 1 N–H and O–H groups in total. The molecule has 0 saturated heterocycles. The Labute approximate surface area is 131 Å². The number of nitrogens with one attached hydrogen (secondary N) is 1. The molecule has 0 bridgehead atoms. The van der Waals surface area contributed by atoms with Crippen LogP contribution in [0.5, 0.6) is 0 Å². The largest absolute Gasteiger partial charge is 0.444 e. The third-order valence-electron chi connectivity index (χ3n) is 3.27. The molecule has 0 aromatic carbocycles. The first-order valence-electron chi connectivity index (χ1n) is 8.26. The van der Waals surface area contributed by atoms with Gasteiger partial charge >= 0.3 is 6.09 Å². The Kier molecular flexibility index (Phi) is 8.95. The van der Waals surface area contributed by atoms with Gasteiger partial charge in [-0.1, -0.05) is 13.8 Å². The molecule has 126 valence electrons. The van der Waals surface area contributed by atoms with E-state index < -0.39 is 5.60 Å². The molecule has 4 heteroatoms. The minimum Gasteiger partial charge on any atom is -0.444 e. The average Bonchev–Trinajstić information content (AvgIpc) is 2.29. The smallest absolute Gasteiger partial charge is 0.410 e. The van der Waals surface area contributed by atoms with Crippen LogP contribution in [0.2, 0.25) is 0 Å². The predicted molar refractivity (Wildman–Crippen MR) is 89.6 cm³/mol. The highest BCUT2D eigenvalue weighted by atomic mass is 16.6. The van der Waals surface area contributed by atoms with Gasteiger partial charge in [-0.15, -0.1) is 0 Å². The van der Waals surface area contributed by atoms with Crippen LogP contribution >= 0.6 is 0 Å². The van der Waals surface area contributed by atoms with Crippen molar-refractivity contribution in [2.75, 3.05) is 13.1 Å². The number of ether oxygens (including phenoxy) is 1. The Morgan fingerprint density at radius 2 is 1.67 bits per heavy atom. The lowest BCUT2D eigenvalue weighted by molar-refractivity contribution is 0.0192. The van der Waals surface area contributed by atoms with Gasteiger partial charge in [0.25, 0.3) is 0 Å². The summed E-state index contributed by atoms with van der Waals surface area (Å²) in [6.07, 6.45) is 2.18. The molecular formula is C17H36N2O2. The van der Waals surface area contributed by atoms with E-state index in [0.717, 1.165) is 12.5 Å². The van der Waals surface area contributed by atoms with Gasteiger partial charge in [-0.05, 0) is 60.3 Å². The van der Waals surface area contributed by atoms with E-state index >= 15 is 0 Å². The molecule has 0 aromatic heterocycles. The maximum atomic E-state index is 12.2. The Morgan fingerprint density at radius 3 is 2.10 bits per heavy atom. The number of nitrogens with zero attached hydrogens (tertiary/aromatic N) is 1. The van der Waals surface area contributed by atoms with Gasteiger partial charge < -0.3 is 15.0 Å². The molecule has 0 spiro atoms. The first-order chi connectivity index (χ1) is 9.53. The van der Waals surface area contributed by atoms with Crippen LogP contribution in [0.3, 0.4) is 0 Å². The first kappa shape index (κ1) is 20.2. The first-order valence-corrected chi connectivity index (χ1v) is 8.26. The van der Waals surface area contributed by atoms with Crippen molar-refractivity contribution in [3.8, 4) is 0 Å². The minimum absolute atomic E-state index is 0.146. The molecule has 0 saturated carbocycles. The SMILES string of the molecule is CC(C)CCC(C)NCCN(C(=O)OC(C)(C)C)C(C)C. The fourth-order valence-electron chi connectivity index (χ4n) is 2.00. The highest BCUT2D eigenvalue weighted by molar-refractivity contribution is 5.68. The molecule has 0 rings (SSSR count). The summed E-state index contributed by atoms with van der Waals surface area (Å²) >= 11 is 0. The summed E-state index contributed by atoms with van der Waals surface area (Å²) in [6.45, 7) is 17.9. The van der Waals surface area contributed by atoms with E-state index in [-0.39, 0.29) is 12.1 Å². The Hall–Kier alpha value is -0.770. The fraction of sp³-hybridized carbons (Fsp3) is 0.941. The van der Waals surface area contributed by atoms with E-state index in [1.54, 1.807) is 4.90 Å². The van der Waals surface area contributed by atoms with Gasteiger partial charge in [0, 0.05) is 25.2 Å². The predicted octanol–water partition coefficient (Wildman–Crippen LogP) is 4.05. The van der Waals surface area contributed by atoms with E-state index in [4.69, 9.17) is 4.74 Å². The van der Waals surface area contributed by atoms with E-state index in [2.05, 4.69) is 26.1 Å². The van der Waals surface area contributed by atoms with Crippen molar-refractivity contribution in [3.05, 3.63) is 0 Å². The molecule has 0 aliphatic rings. The summed E-state index contributed by atoms with van der Waals surface area (Å²) in [6, 6.07) is 0.632. The molecular weight excluding hydrogens is 264 g/mol. The molecule has 0 aliphatic carbocycles. The lowest BCUT2D eigenvalue weighted by atomic mass is 10.0. The Morgan fingerprint density at radius 1 is 1.10 bits per heavy atom. The molecule has 1 atom stereocenters. The molecule has 0 aliphatic heterocycles. The highest BCUT2D eigenvalue weighted by Crippen LogP contribution is 2.12. The van der Waals surface area contributed by atoms with Crippen molar-refractivity contribution in [2.45, 2.75) is 85.9 Å². The number of carbonyl (C=O) groups excluding carboxylic acids is 1. The summed E-state index contributed by atoms with van der Waals surface area (Å²) < 4.78 is 5.46. The van der Waals surface area contributed by atoms with Crippen LogP contribution in [0.15, 0.2) is 0 Å². The van der Waals surface area contributed by atoms with Crippen molar-refractivity contribution in [2.24, 2.45) is 5.92 Å². The van der Waals surface area contributed by atoms with Gasteiger partial charge in [-0.2, -0.15) is 0 Å². The monoisotopic (exact) mass is 300 g/mol. The maximum Gasteiger partial charge on any atom is 0.410 e. The highest BCUT2D eigenvalue weighted by Gasteiger charge is 2.23. The van der Waals surface area contributed by atoms with Gasteiger partial charge in [-0.25, -0.2) is 4.79 Å². The van der Waals surface area contributed by atoms with Gasteiger partial charge in [0.1, 0.15) is 5.60 Å². The van der Waals surface area contributed by atoms with Crippen molar-refractivity contribution < 1.29 is 9.53 Å². The summed E-state index contributed by atoms with van der Waals surface area (Å²) in [7, 11) is 0. The molecule has 4 nitrogen and oxygen atoms in total. The third-order valence-corrected chi connectivity index (χ3v) is 3.27. The third kappa shape index (κ3) is 10.6. The lowest BCUT2D eigenvalue weighted by Crippen LogP contribution is -2.45. The van der Waals surface area contributed by atoms with Crippen molar-refractivity contribution >= 4 is 6.09 Å². The van der Waals surface area contributed by atoms with Gasteiger partial charge in [0.15, 0.2) is 0 Å². The standard InChI is InChI=1S/C17H36N2O2/c1-13(2)9-10-15(5)18-11-12-19(14(3)4)16(20)21-17(6,7)8/h13-15,18H,9-12H2,1-8H3. The van der Waals surface area contributed by atoms with Gasteiger partial charge in [0.2, 0.25) is 0 Å². The maximum absolute atomic E-state index is 12.2. The fourth-order valence-corrected chi connectivity index (χ4v) is 2.00. The second-order valence-corrected chi connectivity index (χ2v) is 7.59. The number of hydrogen-bond acceptors (Lipinski definition) is 3. The van der Waals surface area contributed by atoms with E-state index in [1.807, 2.05) is 34.6 Å². The number of amides is 1. The Bertz CT molecular complexity index is 296. The van der Waals surface area contributed by atoms with Gasteiger partial charge in [0.05, 0.1) is 0 Å². The van der Waals surface area contributed by atoms with E-state index in [1.165, 1.54) is 12.8 Å². The summed E-state index contributed by atoms with van der Waals surface area (Å²) in [5.74, 6) is 0.739. The normalized spacial score (nSPS) is 13.6. The summed E-state index contributed by atoms with van der Waals surface area (Å²) in [4.78, 5) is 14.0. The number of rotatable bonds is 8. The van der Waals surface area contributed by atoms with Crippen LogP contribution in [-0.2, 0) is 4.74 Å². The molecule has 0 radical (unpaired) electrons. The molecule has 1 unspecified atom stereocenters. The van der Waals surface area contributed by atoms with Crippen LogP contribution in [0.1, 0.15) is 68.2 Å². The molecule has 0 aromatic rings. The van der Waals surface area contributed by atoms with Crippen LogP contribution in [-0.4, -0.2) is 41.8 Å². The molecule has 0 fully saturated rings. The minimum atomic E-state index is -0.442. The van der Waals surface area contributed by atoms with Crippen molar-refractivity contribution in [1.29, 1.82) is 0 Å². The Balaban J connectivity index is 4.19. The van der Waals surface area contributed by atoms with Crippen LogP contribution in [0, 0.1) is 5.92 Å². The molecule has 1 amide bonds. The zero-order chi connectivity index (χ0) is 16.6. The van der Waals surface area contributed by atoms with Crippen molar-refractivity contribution in [1.82, 2.24) is 10.2 Å². The molecule has 21 heavy (non-hydrogen) atoms. The lowest BCUT2D eigenvalue weighted by Gasteiger charge is -2.30. The van der Waals surface area contributed by atoms with Gasteiger partial charge in [-0.3, -0.25) is 0 Å². The number of hydrogen-bond donors (Lipinski definition) is 1. The number of carbonyl (C=O) groups is 1. The second kappa shape index (κ2) is 9.29. The van der Waals surface area contributed by atoms with Crippen LogP contribution < -0.4 is 5.32 Å². The summed E-state index contributed by atoms with van der Waals surface area (Å²) in [5, 5.41) is 3.49. The van der Waals surface area contributed by atoms with E-state index in [0.29, 0.717) is 12.6 Å². The topological polar surface area (TPSA) is 41.6 Å². The van der Waals surface area contributed by atoms with Crippen LogP contribution in [0.25, 0.3) is 0 Å². The van der Waals surface area contributed by atoms with Crippen LogP contribution in [0.4, 0.5) is 4.79 Å². The zero-order valence-corrected chi connectivity index (χ0v) is 15.3. The average molecular weight is 300 g/mol. The summed E-state index contributed by atoms with van der Waals surface area (Å²) in [5.41, 5.74) is -0.442. The quantitative estimate of drug-likeness (QED) is 0.735. The van der Waals surface area contributed by atoms with E-state index in [9.17, 15) is 4.79 Å². The molecule has 0 heterocycles. The van der Waals surface area contributed by atoms with Crippen molar-refractivity contribution in [3.63, 3.8) is 0 Å².